The number of alkyl halides is 3. The van der Waals surface area contributed by atoms with Gasteiger partial charge in [-0.25, -0.2) is 0 Å². The van der Waals surface area contributed by atoms with E-state index in [9.17, 15) is 13.2 Å². The van der Waals surface area contributed by atoms with Gasteiger partial charge in [0.15, 0.2) is 5.82 Å². The molecule has 0 amide bonds. The summed E-state index contributed by atoms with van der Waals surface area (Å²) < 4.78 is 37.6. The van der Waals surface area contributed by atoms with Crippen LogP contribution in [0.1, 0.15) is 31.5 Å². The average Bonchev–Trinajstić information content (AvgIpc) is 2.62. The van der Waals surface area contributed by atoms with Gasteiger partial charge in [-0.3, -0.25) is 0 Å². The van der Waals surface area contributed by atoms with E-state index in [2.05, 4.69) is 15.4 Å². The first-order valence-electron chi connectivity index (χ1n) is 5.87. The zero-order valence-electron chi connectivity index (χ0n) is 10.1. The number of nitrogens with zero attached hydrogens (tertiary/aromatic N) is 4. The van der Waals surface area contributed by atoms with Crippen LogP contribution in [-0.4, -0.2) is 31.9 Å². The Kier molecular flexibility index (Phi) is 3.31. The van der Waals surface area contributed by atoms with Gasteiger partial charge in [0.1, 0.15) is 0 Å². The standard InChI is InChI=1S/C10H16F3N5/c1-18-16-8(15-17-18)6-9(14)4-2-7(3-5-9)10(11,12)13/h7H,2-6,14H2,1H3. The Hall–Kier alpha value is -1.18. The van der Waals surface area contributed by atoms with Crippen molar-refractivity contribution < 1.29 is 13.2 Å². The number of hydrogen-bond donors (Lipinski definition) is 1. The van der Waals surface area contributed by atoms with Crippen molar-refractivity contribution in [2.75, 3.05) is 0 Å². The molecule has 0 radical (unpaired) electrons. The van der Waals surface area contributed by atoms with E-state index in [0.29, 0.717) is 25.1 Å². The van der Waals surface area contributed by atoms with Crippen LogP contribution < -0.4 is 5.73 Å². The summed E-state index contributed by atoms with van der Waals surface area (Å²) in [4.78, 5) is 1.32. The smallest absolute Gasteiger partial charge is 0.325 e. The molecule has 5 nitrogen and oxygen atoms in total. The van der Waals surface area contributed by atoms with E-state index in [0.717, 1.165) is 0 Å². The first kappa shape index (κ1) is 13.3. The second-order valence-electron chi connectivity index (χ2n) is 5.05. The van der Waals surface area contributed by atoms with E-state index in [1.165, 1.54) is 4.80 Å². The molecule has 1 aliphatic rings. The molecule has 18 heavy (non-hydrogen) atoms. The molecule has 1 saturated carbocycles. The first-order valence-corrected chi connectivity index (χ1v) is 5.87. The molecule has 0 saturated heterocycles. The van der Waals surface area contributed by atoms with Gasteiger partial charge in [-0.15, -0.1) is 10.2 Å². The molecule has 102 valence electrons. The number of aromatic nitrogens is 4. The molecule has 1 fully saturated rings. The molecule has 0 unspecified atom stereocenters. The lowest BCUT2D eigenvalue weighted by atomic mass is 9.75. The van der Waals surface area contributed by atoms with E-state index in [1.807, 2.05) is 0 Å². The fourth-order valence-electron chi connectivity index (χ4n) is 2.41. The number of nitrogens with two attached hydrogens (primary N) is 1. The number of hydrogen-bond acceptors (Lipinski definition) is 4. The van der Waals surface area contributed by atoms with Gasteiger partial charge in [0, 0.05) is 12.0 Å². The lowest BCUT2D eigenvalue weighted by Gasteiger charge is -2.37. The summed E-state index contributed by atoms with van der Waals surface area (Å²) in [6, 6.07) is 0. The van der Waals surface area contributed by atoms with Crippen LogP contribution in [-0.2, 0) is 13.5 Å². The van der Waals surface area contributed by atoms with Crippen LogP contribution in [0, 0.1) is 5.92 Å². The maximum atomic E-state index is 12.5. The zero-order chi connectivity index (χ0) is 13.4. The Morgan fingerprint density at radius 3 is 2.44 bits per heavy atom. The SMILES string of the molecule is Cn1nnc(CC2(N)CCC(C(F)(F)F)CC2)n1. The molecule has 1 aromatic rings. The largest absolute Gasteiger partial charge is 0.391 e. The minimum atomic E-state index is -4.11. The highest BCUT2D eigenvalue weighted by molar-refractivity contribution is 4.98. The second-order valence-corrected chi connectivity index (χ2v) is 5.05. The molecular formula is C10H16F3N5. The van der Waals surface area contributed by atoms with Crippen molar-refractivity contribution in [2.24, 2.45) is 18.7 Å². The van der Waals surface area contributed by atoms with Crippen molar-refractivity contribution in [2.45, 2.75) is 43.8 Å². The van der Waals surface area contributed by atoms with Gasteiger partial charge in [0.2, 0.25) is 0 Å². The van der Waals surface area contributed by atoms with Gasteiger partial charge >= 0.3 is 6.18 Å². The summed E-state index contributed by atoms with van der Waals surface area (Å²) >= 11 is 0. The molecule has 0 spiro atoms. The van der Waals surface area contributed by atoms with E-state index in [1.54, 1.807) is 7.05 Å². The fraction of sp³-hybridized carbons (Fsp3) is 0.900. The van der Waals surface area contributed by atoms with Gasteiger partial charge < -0.3 is 5.73 Å². The van der Waals surface area contributed by atoms with E-state index < -0.39 is 17.6 Å². The second kappa shape index (κ2) is 4.49. The highest BCUT2D eigenvalue weighted by Crippen LogP contribution is 2.40. The van der Waals surface area contributed by atoms with E-state index >= 15 is 0 Å². The molecule has 1 aliphatic carbocycles. The predicted molar refractivity (Wildman–Crippen MR) is 57.4 cm³/mol. The number of halogens is 3. The van der Waals surface area contributed by atoms with Crippen molar-refractivity contribution in [3.63, 3.8) is 0 Å². The van der Waals surface area contributed by atoms with Crippen molar-refractivity contribution in [3.8, 4) is 0 Å². The molecule has 0 atom stereocenters. The van der Waals surface area contributed by atoms with Crippen LogP contribution in [0.25, 0.3) is 0 Å². The zero-order valence-corrected chi connectivity index (χ0v) is 10.1. The Morgan fingerprint density at radius 2 is 2.00 bits per heavy atom. The number of tetrazole rings is 1. The molecule has 8 heteroatoms. The van der Waals surface area contributed by atoms with Crippen LogP contribution >= 0.6 is 0 Å². The third-order valence-corrected chi connectivity index (χ3v) is 3.50. The van der Waals surface area contributed by atoms with Crippen LogP contribution in [0.3, 0.4) is 0 Å². The molecular weight excluding hydrogens is 247 g/mol. The first-order chi connectivity index (χ1) is 8.28. The van der Waals surface area contributed by atoms with Crippen LogP contribution in [0.5, 0.6) is 0 Å². The maximum absolute atomic E-state index is 12.5. The van der Waals surface area contributed by atoms with Crippen molar-refractivity contribution in [1.29, 1.82) is 0 Å². The van der Waals surface area contributed by atoms with Crippen molar-refractivity contribution >= 4 is 0 Å². The maximum Gasteiger partial charge on any atom is 0.391 e. The summed E-state index contributed by atoms with van der Waals surface area (Å²) in [7, 11) is 1.64. The summed E-state index contributed by atoms with van der Waals surface area (Å²) in [5.41, 5.74) is 5.49. The minimum Gasteiger partial charge on any atom is -0.325 e. The Bertz CT molecular complexity index is 406. The molecule has 1 aromatic heterocycles. The van der Waals surface area contributed by atoms with Gasteiger partial charge in [-0.1, -0.05) is 0 Å². The quantitative estimate of drug-likeness (QED) is 0.870. The molecule has 2 rings (SSSR count). The van der Waals surface area contributed by atoms with Crippen molar-refractivity contribution in [1.82, 2.24) is 20.2 Å². The molecule has 1 heterocycles. The summed E-state index contributed by atoms with van der Waals surface area (Å²) in [6.45, 7) is 0. The molecule has 0 aliphatic heterocycles. The summed E-state index contributed by atoms with van der Waals surface area (Å²) in [5, 5.41) is 11.5. The lowest BCUT2D eigenvalue weighted by molar-refractivity contribution is -0.184. The van der Waals surface area contributed by atoms with Crippen LogP contribution in [0.2, 0.25) is 0 Å². The fourth-order valence-corrected chi connectivity index (χ4v) is 2.41. The van der Waals surface area contributed by atoms with E-state index in [-0.39, 0.29) is 12.8 Å². The summed E-state index contributed by atoms with van der Waals surface area (Å²) in [6.07, 6.45) is -2.87. The average molecular weight is 263 g/mol. The van der Waals surface area contributed by atoms with Crippen LogP contribution in [0.15, 0.2) is 0 Å². The highest BCUT2D eigenvalue weighted by Gasteiger charge is 2.44. The topological polar surface area (TPSA) is 69.6 Å². The van der Waals surface area contributed by atoms with E-state index in [4.69, 9.17) is 5.73 Å². The molecule has 0 aromatic carbocycles. The van der Waals surface area contributed by atoms with Gasteiger partial charge in [0.25, 0.3) is 0 Å². The monoisotopic (exact) mass is 263 g/mol. The van der Waals surface area contributed by atoms with Crippen molar-refractivity contribution in [3.05, 3.63) is 5.82 Å². The molecule has 2 N–H and O–H groups in total. The predicted octanol–water partition coefficient (Wildman–Crippen LogP) is 1.20. The van der Waals surface area contributed by atoms with Gasteiger partial charge in [-0.05, 0) is 30.9 Å². The Labute approximate surface area is 103 Å². The Morgan fingerprint density at radius 1 is 1.39 bits per heavy atom. The van der Waals surface area contributed by atoms with Crippen LogP contribution in [0.4, 0.5) is 13.2 Å². The minimum absolute atomic E-state index is 0.0836. The third-order valence-electron chi connectivity index (χ3n) is 3.50. The third kappa shape index (κ3) is 2.98. The Balaban J connectivity index is 1.95. The normalized spacial score (nSPS) is 29.5. The number of aryl methyl sites for hydroxylation is 1. The number of rotatable bonds is 2. The highest BCUT2D eigenvalue weighted by atomic mass is 19.4. The molecule has 0 bridgehead atoms. The van der Waals surface area contributed by atoms with Gasteiger partial charge in [-0.2, -0.15) is 18.0 Å². The van der Waals surface area contributed by atoms with Gasteiger partial charge in [0.05, 0.1) is 13.0 Å². The summed E-state index contributed by atoms with van der Waals surface area (Å²) in [5.74, 6) is -0.727. The lowest BCUT2D eigenvalue weighted by Crippen LogP contribution is -2.47.